The maximum Gasteiger partial charge on any atom is 0.246 e. The number of nitrogens with zero attached hydrogens (tertiary/aromatic N) is 3. The van der Waals surface area contributed by atoms with E-state index in [0.29, 0.717) is 6.54 Å². The molecule has 1 amide bonds. The Morgan fingerprint density at radius 1 is 1.43 bits per heavy atom. The van der Waals surface area contributed by atoms with Crippen molar-refractivity contribution >= 4 is 34.2 Å². The number of halogens is 1. The van der Waals surface area contributed by atoms with Gasteiger partial charge in [-0.2, -0.15) is 0 Å². The summed E-state index contributed by atoms with van der Waals surface area (Å²) in [6.45, 7) is 3.89. The van der Waals surface area contributed by atoms with E-state index in [1.165, 1.54) is 0 Å². The quantitative estimate of drug-likeness (QED) is 0.552. The molecule has 0 bridgehead atoms. The van der Waals surface area contributed by atoms with Gasteiger partial charge in [-0.3, -0.25) is 4.79 Å². The third kappa shape index (κ3) is 5.43. The second kappa shape index (κ2) is 8.08. The standard InChI is InChI=1S/C14H18IN5O/c1-2-6-16-8-13-9-20(19-18-13)10-14(21)17-12-5-3-4-11(15)7-12/h3-5,7,9,16H,2,6,8,10H2,1H3,(H,17,21). The van der Waals surface area contributed by atoms with Crippen LogP contribution in [-0.4, -0.2) is 27.4 Å². The third-order valence-corrected chi connectivity index (χ3v) is 3.40. The Kier molecular flexibility index (Phi) is 6.12. The summed E-state index contributed by atoms with van der Waals surface area (Å²) in [4.78, 5) is 11.9. The molecule has 1 heterocycles. The minimum atomic E-state index is -0.116. The topological polar surface area (TPSA) is 71.8 Å². The van der Waals surface area contributed by atoms with Gasteiger partial charge in [-0.25, -0.2) is 4.68 Å². The van der Waals surface area contributed by atoms with E-state index in [4.69, 9.17) is 0 Å². The molecular formula is C14H18IN5O. The van der Waals surface area contributed by atoms with Crippen molar-refractivity contribution in [2.24, 2.45) is 0 Å². The fourth-order valence-electron chi connectivity index (χ4n) is 1.80. The molecule has 7 heteroatoms. The molecule has 0 aliphatic carbocycles. The van der Waals surface area contributed by atoms with E-state index in [9.17, 15) is 4.79 Å². The van der Waals surface area contributed by atoms with Crippen LogP contribution in [0.25, 0.3) is 0 Å². The Balaban J connectivity index is 1.85. The van der Waals surface area contributed by atoms with Crippen molar-refractivity contribution in [3.05, 3.63) is 39.7 Å². The summed E-state index contributed by atoms with van der Waals surface area (Å²) < 4.78 is 2.63. The number of aromatic nitrogens is 3. The van der Waals surface area contributed by atoms with E-state index in [1.807, 2.05) is 24.3 Å². The molecule has 2 N–H and O–H groups in total. The number of anilines is 1. The predicted molar refractivity (Wildman–Crippen MR) is 89.8 cm³/mol. The molecule has 0 aliphatic rings. The maximum atomic E-state index is 11.9. The molecule has 1 aromatic heterocycles. The second-order valence-electron chi connectivity index (χ2n) is 4.64. The molecule has 6 nitrogen and oxygen atoms in total. The summed E-state index contributed by atoms with van der Waals surface area (Å²) in [5.41, 5.74) is 1.63. The molecule has 0 aliphatic heterocycles. The van der Waals surface area contributed by atoms with Gasteiger partial charge in [0.2, 0.25) is 5.91 Å². The summed E-state index contributed by atoms with van der Waals surface area (Å²) in [5, 5.41) is 14.1. The number of hydrogen-bond donors (Lipinski definition) is 2. The highest BCUT2D eigenvalue weighted by Crippen LogP contribution is 2.12. The van der Waals surface area contributed by atoms with Gasteiger partial charge in [-0.1, -0.05) is 18.2 Å². The molecule has 0 fully saturated rings. The lowest BCUT2D eigenvalue weighted by Gasteiger charge is -2.05. The van der Waals surface area contributed by atoms with Crippen LogP contribution in [0.3, 0.4) is 0 Å². The Morgan fingerprint density at radius 2 is 2.29 bits per heavy atom. The smallest absolute Gasteiger partial charge is 0.246 e. The lowest BCUT2D eigenvalue weighted by atomic mass is 10.3. The minimum Gasteiger partial charge on any atom is -0.324 e. The largest absolute Gasteiger partial charge is 0.324 e. The third-order valence-electron chi connectivity index (χ3n) is 2.73. The molecule has 0 unspecified atom stereocenters. The number of benzene rings is 1. The fourth-order valence-corrected chi connectivity index (χ4v) is 2.35. The lowest BCUT2D eigenvalue weighted by molar-refractivity contribution is -0.116. The number of carbonyl (C=O) groups is 1. The number of carbonyl (C=O) groups excluding carboxylic acids is 1. The normalized spacial score (nSPS) is 10.6. The second-order valence-corrected chi connectivity index (χ2v) is 5.89. The van der Waals surface area contributed by atoms with Crippen LogP contribution in [0.15, 0.2) is 30.5 Å². The van der Waals surface area contributed by atoms with Crippen LogP contribution < -0.4 is 10.6 Å². The van der Waals surface area contributed by atoms with E-state index in [2.05, 4.69) is 50.5 Å². The summed E-state index contributed by atoms with van der Waals surface area (Å²) in [5.74, 6) is -0.116. The first-order chi connectivity index (χ1) is 10.2. The van der Waals surface area contributed by atoms with E-state index in [1.54, 1.807) is 10.9 Å². The molecular weight excluding hydrogens is 381 g/mol. The summed E-state index contributed by atoms with van der Waals surface area (Å²) >= 11 is 2.21. The van der Waals surface area contributed by atoms with Gasteiger partial charge in [0.25, 0.3) is 0 Å². The minimum absolute atomic E-state index is 0.116. The highest BCUT2D eigenvalue weighted by Gasteiger charge is 2.06. The maximum absolute atomic E-state index is 11.9. The lowest BCUT2D eigenvalue weighted by Crippen LogP contribution is -2.19. The van der Waals surface area contributed by atoms with Gasteiger partial charge in [0.05, 0.1) is 11.9 Å². The Labute approximate surface area is 137 Å². The Hall–Kier alpha value is -1.48. The first kappa shape index (κ1) is 15.9. The first-order valence-corrected chi connectivity index (χ1v) is 7.90. The molecule has 112 valence electrons. The van der Waals surface area contributed by atoms with Gasteiger partial charge < -0.3 is 10.6 Å². The van der Waals surface area contributed by atoms with Crippen molar-refractivity contribution in [1.29, 1.82) is 0 Å². The zero-order valence-electron chi connectivity index (χ0n) is 11.8. The average molecular weight is 399 g/mol. The first-order valence-electron chi connectivity index (χ1n) is 6.82. The van der Waals surface area contributed by atoms with Crippen molar-refractivity contribution in [1.82, 2.24) is 20.3 Å². The molecule has 21 heavy (non-hydrogen) atoms. The van der Waals surface area contributed by atoms with Gasteiger partial charge in [-0.15, -0.1) is 5.10 Å². The van der Waals surface area contributed by atoms with Crippen molar-refractivity contribution in [2.75, 3.05) is 11.9 Å². The fraction of sp³-hybridized carbons (Fsp3) is 0.357. The Bertz CT molecular complexity index is 599. The molecule has 0 radical (unpaired) electrons. The van der Waals surface area contributed by atoms with Crippen LogP contribution in [0.4, 0.5) is 5.69 Å². The van der Waals surface area contributed by atoms with Gasteiger partial charge >= 0.3 is 0 Å². The van der Waals surface area contributed by atoms with Crippen LogP contribution in [0, 0.1) is 3.57 Å². The van der Waals surface area contributed by atoms with E-state index in [-0.39, 0.29) is 12.5 Å². The van der Waals surface area contributed by atoms with E-state index < -0.39 is 0 Å². The zero-order chi connectivity index (χ0) is 15.1. The van der Waals surface area contributed by atoms with Crippen LogP contribution >= 0.6 is 22.6 Å². The van der Waals surface area contributed by atoms with Crippen LogP contribution in [0.5, 0.6) is 0 Å². The van der Waals surface area contributed by atoms with Crippen LogP contribution in [0.2, 0.25) is 0 Å². The van der Waals surface area contributed by atoms with Crippen molar-refractivity contribution in [3.63, 3.8) is 0 Å². The van der Waals surface area contributed by atoms with Crippen molar-refractivity contribution in [3.8, 4) is 0 Å². The zero-order valence-corrected chi connectivity index (χ0v) is 14.0. The monoisotopic (exact) mass is 399 g/mol. The molecule has 0 spiro atoms. The summed E-state index contributed by atoms with van der Waals surface area (Å²) in [7, 11) is 0. The van der Waals surface area contributed by atoms with Gasteiger partial charge in [0.1, 0.15) is 6.54 Å². The van der Waals surface area contributed by atoms with Crippen LogP contribution in [0.1, 0.15) is 19.0 Å². The highest BCUT2D eigenvalue weighted by molar-refractivity contribution is 14.1. The predicted octanol–water partition coefficient (Wildman–Crippen LogP) is 2.02. The molecule has 2 aromatic rings. The highest BCUT2D eigenvalue weighted by atomic mass is 127. The molecule has 0 saturated carbocycles. The van der Waals surface area contributed by atoms with E-state index in [0.717, 1.165) is 27.9 Å². The number of amides is 1. The number of nitrogens with one attached hydrogen (secondary N) is 2. The SMILES string of the molecule is CCCNCc1cn(CC(=O)Nc2cccc(I)c2)nn1. The van der Waals surface area contributed by atoms with Crippen LogP contribution in [-0.2, 0) is 17.9 Å². The number of hydrogen-bond acceptors (Lipinski definition) is 4. The van der Waals surface area contributed by atoms with Gasteiger partial charge in [0.15, 0.2) is 0 Å². The molecule has 2 rings (SSSR count). The van der Waals surface area contributed by atoms with E-state index >= 15 is 0 Å². The molecule has 1 aromatic carbocycles. The van der Waals surface area contributed by atoms with Crippen molar-refractivity contribution in [2.45, 2.75) is 26.4 Å². The number of rotatable bonds is 7. The summed E-state index contributed by atoms with van der Waals surface area (Å²) in [6, 6.07) is 7.66. The summed E-state index contributed by atoms with van der Waals surface area (Å²) in [6.07, 6.45) is 2.86. The molecule has 0 saturated heterocycles. The molecule has 0 atom stereocenters. The van der Waals surface area contributed by atoms with Gasteiger partial charge in [-0.05, 0) is 53.8 Å². The average Bonchev–Trinajstić information content (AvgIpc) is 2.86. The van der Waals surface area contributed by atoms with Gasteiger partial charge in [0, 0.05) is 15.8 Å². The Morgan fingerprint density at radius 3 is 3.05 bits per heavy atom. The van der Waals surface area contributed by atoms with Crippen molar-refractivity contribution < 1.29 is 4.79 Å².